The van der Waals surface area contributed by atoms with E-state index in [-0.39, 0.29) is 0 Å². The van der Waals surface area contributed by atoms with E-state index in [0.717, 1.165) is 56.3 Å². The number of rotatable bonds is 6. The first-order valence-corrected chi connectivity index (χ1v) is 8.90. The van der Waals surface area contributed by atoms with E-state index >= 15 is 0 Å². The largest absolute Gasteiger partial charge is 0.496 e. The molecular weight excluding hydrogens is 312 g/mol. The van der Waals surface area contributed by atoms with Crippen LogP contribution < -0.4 is 9.47 Å². The van der Waals surface area contributed by atoms with E-state index in [1.165, 1.54) is 11.1 Å². The van der Waals surface area contributed by atoms with Gasteiger partial charge in [-0.2, -0.15) is 0 Å². The van der Waals surface area contributed by atoms with Gasteiger partial charge in [0.05, 0.1) is 14.2 Å². The van der Waals surface area contributed by atoms with Gasteiger partial charge >= 0.3 is 0 Å². The normalized spacial score (nSPS) is 16.0. The Morgan fingerprint density at radius 3 is 2.04 bits per heavy atom. The summed E-state index contributed by atoms with van der Waals surface area (Å²) in [4.78, 5) is 5.04. The summed E-state index contributed by atoms with van der Waals surface area (Å²) >= 11 is 0. The van der Waals surface area contributed by atoms with Crippen LogP contribution in [0.5, 0.6) is 11.5 Å². The molecular formula is C21H28N2O2. The van der Waals surface area contributed by atoms with Gasteiger partial charge in [0, 0.05) is 50.4 Å². The standard InChI is InChI=1S/C21H28N2O2/c1-17-20(24-2)10-9-19(21(17)25-3)16-23-13-11-22(12-14-23)15-18-7-5-4-6-8-18/h4-10H,11-16H2,1-3H3. The average molecular weight is 340 g/mol. The molecule has 0 bridgehead atoms. The molecule has 4 heteroatoms. The second kappa shape index (κ2) is 8.37. The monoisotopic (exact) mass is 340 g/mol. The van der Waals surface area contributed by atoms with Crippen molar-refractivity contribution in [3.05, 3.63) is 59.2 Å². The van der Waals surface area contributed by atoms with Crippen molar-refractivity contribution in [1.82, 2.24) is 9.80 Å². The van der Waals surface area contributed by atoms with Crippen LogP contribution in [0.25, 0.3) is 0 Å². The van der Waals surface area contributed by atoms with Crippen molar-refractivity contribution in [2.24, 2.45) is 0 Å². The van der Waals surface area contributed by atoms with Crippen molar-refractivity contribution in [3.8, 4) is 11.5 Å². The Bertz CT molecular complexity index is 680. The van der Waals surface area contributed by atoms with Crippen LogP contribution in [0.4, 0.5) is 0 Å². The van der Waals surface area contributed by atoms with E-state index in [2.05, 4.69) is 53.1 Å². The highest BCUT2D eigenvalue weighted by molar-refractivity contribution is 5.49. The van der Waals surface area contributed by atoms with Crippen molar-refractivity contribution >= 4 is 0 Å². The van der Waals surface area contributed by atoms with Crippen LogP contribution in [0.15, 0.2) is 42.5 Å². The van der Waals surface area contributed by atoms with Crippen molar-refractivity contribution in [2.45, 2.75) is 20.0 Å². The van der Waals surface area contributed by atoms with E-state index in [9.17, 15) is 0 Å². The molecule has 0 amide bonds. The smallest absolute Gasteiger partial charge is 0.129 e. The maximum atomic E-state index is 5.64. The fraction of sp³-hybridized carbons (Fsp3) is 0.429. The van der Waals surface area contributed by atoms with Crippen molar-refractivity contribution in [1.29, 1.82) is 0 Å². The van der Waals surface area contributed by atoms with Crippen LogP contribution in [-0.4, -0.2) is 50.2 Å². The molecule has 0 radical (unpaired) electrons. The van der Waals surface area contributed by atoms with E-state index in [4.69, 9.17) is 9.47 Å². The molecule has 0 saturated carbocycles. The SMILES string of the molecule is COc1ccc(CN2CCN(Cc3ccccc3)CC2)c(OC)c1C. The summed E-state index contributed by atoms with van der Waals surface area (Å²) in [7, 11) is 3.44. The van der Waals surface area contributed by atoms with Gasteiger partial charge in [-0.15, -0.1) is 0 Å². The predicted octanol–water partition coefficient (Wildman–Crippen LogP) is 3.33. The third kappa shape index (κ3) is 4.33. The number of piperazine rings is 1. The second-order valence-electron chi connectivity index (χ2n) is 6.62. The first kappa shape index (κ1) is 17.8. The van der Waals surface area contributed by atoms with Crippen LogP contribution >= 0.6 is 0 Å². The molecule has 1 aliphatic rings. The quantitative estimate of drug-likeness (QED) is 0.805. The molecule has 0 unspecified atom stereocenters. The minimum atomic E-state index is 0.883. The first-order valence-electron chi connectivity index (χ1n) is 8.90. The zero-order chi connectivity index (χ0) is 17.6. The number of benzene rings is 2. The molecule has 0 N–H and O–H groups in total. The Morgan fingerprint density at radius 2 is 1.44 bits per heavy atom. The van der Waals surface area contributed by atoms with Gasteiger partial charge in [0.2, 0.25) is 0 Å². The Hall–Kier alpha value is -2.04. The summed E-state index contributed by atoms with van der Waals surface area (Å²) in [6.07, 6.45) is 0. The minimum Gasteiger partial charge on any atom is -0.496 e. The van der Waals surface area contributed by atoms with Gasteiger partial charge in [0.25, 0.3) is 0 Å². The molecule has 25 heavy (non-hydrogen) atoms. The average Bonchev–Trinajstić information content (AvgIpc) is 2.65. The summed E-state index contributed by atoms with van der Waals surface area (Å²) in [6.45, 7) is 8.40. The Kier molecular flexibility index (Phi) is 5.95. The van der Waals surface area contributed by atoms with Crippen LogP contribution in [0.2, 0.25) is 0 Å². The third-order valence-electron chi connectivity index (χ3n) is 4.97. The van der Waals surface area contributed by atoms with Crippen LogP contribution in [-0.2, 0) is 13.1 Å². The molecule has 3 rings (SSSR count). The number of ether oxygens (including phenoxy) is 2. The molecule has 2 aromatic carbocycles. The van der Waals surface area contributed by atoms with Gasteiger partial charge in [-0.1, -0.05) is 36.4 Å². The summed E-state index contributed by atoms with van der Waals surface area (Å²) in [5, 5.41) is 0. The van der Waals surface area contributed by atoms with Crippen molar-refractivity contribution < 1.29 is 9.47 Å². The number of hydrogen-bond acceptors (Lipinski definition) is 4. The van der Waals surface area contributed by atoms with Gasteiger partial charge < -0.3 is 9.47 Å². The number of nitrogens with zero attached hydrogens (tertiary/aromatic N) is 2. The minimum absolute atomic E-state index is 0.883. The lowest BCUT2D eigenvalue weighted by Gasteiger charge is -2.35. The second-order valence-corrected chi connectivity index (χ2v) is 6.62. The highest BCUT2D eigenvalue weighted by atomic mass is 16.5. The van der Waals surface area contributed by atoms with Crippen LogP contribution in [0, 0.1) is 6.92 Å². The Morgan fingerprint density at radius 1 is 0.800 bits per heavy atom. The lowest BCUT2D eigenvalue weighted by molar-refractivity contribution is 0.121. The predicted molar refractivity (Wildman–Crippen MR) is 101 cm³/mol. The zero-order valence-corrected chi connectivity index (χ0v) is 15.5. The van der Waals surface area contributed by atoms with E-state index in [0.29, 0.717) is 0 Å². The molecule has 0 aromatic heterocycles. The maximum Gasteiger partial charge on any atom is 0.129 e. The van der Waals surface area contributed by atoms with Crippen molar-refractivity contribution in [2.75, 3.05) is 40.4 Å². The van der Waals surface area contributed by atoms with Crippen LogP contribution in [0.3, 0.4) is 0 Å². The molecule has 134 valence electrons. The molecule has 0 spiro atoms. The van der Waals surface area contributed by atoms with E-state index in [1.807, 2.05) is 6.07 Å². The van der Waals surface area contributed by atoms with E-state index < -0.39 is 0 Å². The summed E-state index contributed by atoms with van der Waals surface area (Å²) < 4.78 is 11.0. The molecule has 2 aromatic rings. The summed E-state index contributed by atoms with van der Waals surface area (Å²) in [5.74, 6) is 1.83. The summed E-state index contributed by atoms with van der Waals surface area (Å²) in [6, 6.07) is 14.9. The lowest BCUT2D eigenvalue weighted by atomic mass is 10.1. The molecule has 4 nitrogen and oxygen atoms in total. The zero-order valence-electron chi connectivity index (χ0n) is 15.5. The first-order chi connectivity index (χ1) is 12.2. The summed E-state index contributed by atoms with van der Waals surface area (Å²) in [5.41, 5.74) is 3.70. The highest BCUT2D eigenvalue weighted by Gasteiger charge is 2.19. The Labute approximate surface area is 151 Å². The fourth-order valence-electron chi connectivity index (χ4n) is 3.55. The molecule has 1 heterocycles. The Balaban J connectivity index is 1.58. The number of hydrogen-bond donors (Lipinski definition) is 0. The van der Waals surface area contributed by atoms with Gasteiger partial charge in [-0.05, 0) is 18.6 Å². The van der Waals surface area contributed by atoms with Crippen molar-refractivity contribution in [3.63, 3.8) is 0 Å². The highest BCUT2D eigenvalue weighted by Crippen LogP contribution is 2.32. The molecule has 0 atom stereocenters. The third-order valence-corrected chi connectivity index (χ3v) is 4.97. The lowest BCUT2D eigenvalue weighted by Crippen LogP contribution is -2.45. The van der Waals surface area contributed by atoms with Gasteiger partial charge in [-0.3, -0.25) is 9.80 Å². The van der Waals surface area contributed by atoms with Gasteiger partial charge in [0.15, 0.2) is 0 Å². The van der Waals surface area contributed by atoms with Crippen LogP contribution in [0.1, 0.15) is 16.7 Å². The fourth-order valence-corrected chi connectivity index (χ4v) is 3.55. The molecule has 1 saturated heterocycles. The topological polar surface area (TPSA) is 24.9 Å². The number of methoxy groups -OCH3 is 2. The van der Waals surface area contributed by atoms with Gasteiger partial charge in [0.1, 0.15) is 11.5 Å². The van der Waals surface area contributed by atoms with Gasteiger partial charge in [-0.25, -0.2) is 0 Å². The molecule has 0 aliphatic carbocycles. The maximum absolute atomic E-state index is 5.64. The molecule has 1 fully saturated rings. The van der Waals surface area contributed by atoms with E-state index in [1.54, 1.807) is 14.2 Å². The molecule has 1 aliphatic heterocycles.